The van der Waals surface area contributed by atoms with Crippen molar-refractivity contribution in [2.24, 2.45) is 0 Å². The topological polar surface area (TPSA) is 63.6 Å². The lowest BCUT2D eigenvalue weighted by atomic mass is 10.0. The summed E-state index contributed by atoms with van der Waals surface area (Å²) in [6.45, 7) is 4.54. The number of aliphatic carboxylic acids is 1. The number of carboxylic acid groups (broad SMARTS) is 1. The van der Waals surface area contributed by atoms with Gasteiger partial charge in [0, 0.05) is 12.8 Å². The largest absolute Gasteiger partial charge is 0.481 e. The van der Waals surface area contributed by atoms with Gasteiger partial charge in [-0.2, -0.15) is 0 Å². The lowest BCUT2D eigenvalue weighted by molar-refractivity contribution is -0.150. The highest BCUT2D eigenvalue weighted by atomic mass is 16.5. The summed E-state index contributed by atoms with van der Waals surface area (Å²) in [5, 5.41) is 8.82. The summed E-state index contributed by atoms with van der Waals surface area (Å²) < 4.78 is 5.95. The summed E-state index contributed by atoms with van der Waals surface area (Å²) in [6, 6.07) is 0. The van der Waals surface area contributed by atoms with Gasteiger partial charge < -0.3 is 9.84 Å². The smallest absolute Gasteiger partial charge is 0.306 e. The number of hydrogen-bond acceptors (Lipinski definition) is 3. The van der Waals surface area contributed by atoms with E-state index in [1.165, 1.54) is 128 Å². The van der Waals surface area contributed by atoms with Crippen molar-refractivity contribution in [2.75, 3.05) is 0 Å². The third kappa shape index (κ3) is 31.5. The van der Waals surface area contributed by atoms with Crippen molar-refractivity contribution >= 4 is 11.9 Å². The Bertz CT molecular complexity index is 533. The van der Waals surface area contributed by atoms with E-state index in [0.29, 0.717) is 6.42 Å². The molecule has 0 saturated carbocycles. The van der Waals surface area contributed by atoms with E-state index in [1.807, 2.05) is 0 Å². The molecule has 40 heavy (non-hydrogen) atoms. The molecule has 0 aliphatic heterocycles. The van der Waals surface area contributed by atoms with Gasteiger partial charge in [-0.05, 0) is 38.5 Å². The average molecular weight is 567 g/mol. The highest BCUT2D eigenvalue weighted by Gasteiger charge is 2.14. The van der Waals surface area contributed by atoms with Gasteiger partial charge in [0.05, 0.1) is 0 Å². The third-order valence-electron chi connectivity index (χ3n) is 8.33. The van der Waals surface area contributed by atoms with Crippen molar-refractivity contribution in [1.82, 2.24) is 0 Å². The first-order chi connectivity index (χ1) is 19.6. The zero-order valence-corrected chi connectivity index (χ0v) is 27.2. The Balaban J connectivity index is 3.96. The second-order valence-electron chi connectivity index (χ2n) is 12.4. The normalized spacial score (nSPS) is 12.1. The van der Waals surface area contributed by atoms with Crippen LogP contribution in [0.5, 0.6) is 0 Å². The van der Waals surface area contributed by atoms with Crippen molar-refractivity contribution in [3.8, 4) is 0 Å². The molecule has 0 amide bonds. The molecule has 0 rings (SSSR count). The van der Waals surface area contributed by atoms with Crippen molar-refractivity contribution in [3.63, 3.8) is 0 Å². The number of unbranched alkanes of at least 4 members (excludes halogenated alkanes) is 24. The molecule has 0 saturated heterocycles. The van der Waals surface area contributed by atoms with Crippen LogP contribution in [0.4, 0.5) is 0 Å². The van der Waals surface area contributed by atoms with Gasteiger partial charge in [0.25, 0.3) is 0 Å². The zero-order valence-electron chi connectivity index (χ0n) is 27.2. The van der Waals surface area contributed by atoms with Crippen LogP contribution in [0, 0.1) is 0 Å². The van der Waals surface area contributed by atoms with Gasteiger partial charge in [-0.15, -0.1) is 0 Å². The van der Waals surface area contributed by atoms with Crippen molar-refractivity contribution in [3.05, 3.63) is 0 Å². The number of hydrogen-bond donors (Lipinski definition) is 1. The standard InChI is InChI=1S/C36H70O4/c1-3-5-7-9-11-13-15-16-17-19-21-23-29-33-36(39)40-34(31-27-24-25-28-32-35(37)38)30-26-22-20-18-14-12-10-8-6-4-2/h34H,3-33H2,1-2H3,(H,37,38). The lowest BCUT2D eigenvalue weighted by Crippen LogP contribution is -2.18. The molecule has 0 radical (unpaired) electrons. The number of carbonyl (C=O) groups is 2. The summed E-state index contributed by atoms with van der Waals surface area (Å²) in [7, 11) is 0. The monoisotopic (exact) mass is 567 g/mol. The molecule has 4 heteroatoms. The maximum absolute atomic E-state index is 12.6. The SMILES string of the molecule is CCCCCCCCCCCCCCCC(=O)OC(CCCCCCCCCCCC)CCCCCCC(=O)O. The Kier molecular flexibility index (Phi) is 31.6. The molecular formula is C36H70O4. The first-order valence-corrected chi connectivity index (χ1v) is 18.0. The summed E-state index contributed by atoms with van der Waals surface area (Å²) in [4.78, 5) is 23.3. The Labute approximate surface area is 250 Å². The van der Waals surface area contributed by atoms with Crippen molar-refractivity contribution < 1.29 is 19.4 Å². The molecule has 0 aromatic heterocycles. The Morgan fingerprint density at radius 2 is 0.750 bits per heavy atom. The predicted molar refractivity (Wildman–Crippen MR) is 172 cm³/mol. The minimum Gasteiger partial charge on any atom is -0.481 e. The Morgan fingerprint density at radius 1 is 0.450 bits per heavy atom. The van der Waals surface area contributed by atoms with Crippen LogP contribution in [0.15, 0.2) is 0 Å². The van der Waals surface area contributed by atoms with Crippen LogP contribution in [-0.2, 0) is 14.3 Å². The van der Waals surface area contributed by atoms with Gasteiger partial charge in [-0.1, -0.05) is 162 Å². The van der Waals surface area contributed by atoms with Gasteiger partial charge in [0.2, 0.25) is 0 Å². The molecule has 1 atom stereocenters. The van der Waals surface area contributed by atoms with Crippen molar-refractivity contribution in [2.45, 2.75) is 219 Å². The Hall–Kier alpha value is -1.06. The predicted octanol–water partition coefficient (Wildman–Crippen LogP) is 12.1. The van der Waals surface area contributed by atoms with Gasteiger partial charge in [-0.3, -0.25) is 9.59 Å². The molecular weight excluding hydrogens is 496 g/mol. The second kappa shape index (κ2) is 32.5. The van der Waals surface area contributed by atoms with E-state index < -0.39 is 5.97 Å². The zero-order chi connectivity index (χ0) is 29.4. The number of carbonyl (C=O) groups excluding carboxylic acids is 1. The molecule has 0 fully saturated rings. The van der Waals surface area contributed by atoms with E-state index in [1.54, 1.807) is 0 Å². The van der Waals surface area contributed by atoms with Crippen LogP contribution < -0.4 is 0 Å². The summed E-state index contributed by atoms with van der Waals surface area (Å²) in [6.07, 6.45) is 36.8. The molecule has 0 heterocycles. The highest BCUT2D eigenvalue weighted by Crippen LogP contribution is 2.19. The molecule has 0 spiro atoms. The van der Waals surface area contributed by atoms with E-state index >= 15 is 0 Å². The van der Waals surface area contributed by atoms with Gasteiger partial charge in [-0.25, -0.2) is 0 Å². The molecule has 0 aromatic carbocycles. The number of esters is 1. The minimum absolute atomic E-state index is 0.00831. The molecule has 1 unspecified atom stereocenters. The van der Waals surface area contributed by atoms with Gasteiger partial charge in [0.1, 0.15) is 6.10 Å². The molecule has 238 valence electrons. The van der Waals surface area contributed by atoms with Crippen LogP contribution in [0.3, 0.4) is 0 Å². The molecule has 0 aliphatic carbocycles. The van der Waals surface area contributed by atoms with Crippen molar-refractivity contribution in [1.29, 1.82) is 0 Å². The van der Waals surface area contributed by atoms with E-state index in [2.05, 4.69) is 13.8 Å². The number of rotatable bonds is 33. The van der Waals surface area contributed by atoms with Crippen LogP contribution in [0.2, 0.25) is 0 Å². The quantitative estimate of drug-likeness (QED) is 0.0633. The first-order valence-electron chi connectivity index (χ1n) is 18.0. The molecule has 0 aliphatic rings. The number of ether oxygens (including phenoxy) is 1. The summed E-state index contributed by atoms with van der Waals surface area (Å²) in [5.74, 6) is -0.716. The van der Waals surface area contributed by atoms with Gasteiger partial charge >= 0.3 is 11.9 Å². The number of carboxylic acids is 1. The van der Waals surface area contributed by atoms with Crippen LogP contribution >= 0.6 is 0 Å². The van der Waals surface area contributed by atoms with Gasteiger partial charge in [0.15, 0.2) is 0 Å². The Morgan fingerprint density at radius 3 is 1.10 bits per heavy atom. The van der Waals surface area contributed by atoms with Crippen LogP contribution in [0.25, 0.3) is 0 Å². The summed E-state index contributed by atoms with van der Waals surface area (Å²) >= 11 is 0. The fourth-order valence-electron chi connectivity index (χ4n) is 5.66. The maximum atomic E-state index is 12.6. The lowest BCUT2D eigenvalue weighted by Gasteiger charge is -2.18. The molecule has 0 bridgehead atoms. The third-order valence-corrected chi connectivity index (χ3v) is 8.33. The summed E-state index contributed by atoms with van der Waals surface area (Å²) in [5.41, 5.74) is 0. The fourth-order valence-corrected chi connectivity index (χ4v) is 5.66. The van der Waals surface area contributed by atoms with Crippen LogP contribution in [-0.4, -0.2) is 23.1 Å². The maximum Gasteiger partial charge on any atom is 0.306 e. The fraction of sp³-hybridized carbons (Fsp3) is 0.944. The second-order valence-corrected chi connectivity index (χ2v) is 12.4. The van der Waals surface area contributed by atoms with E-state index in [-0.39, 0.29) is 18.5 Å². The van der Waals surface area contributed by atoms with E-state index in [4.69, 9.17) is 9.84 Å². The van der Waals surface area contributed by atoms with Crippen LogP contribution in [0.1, 0.15) is 213 Å². The first kappa shape index (κ1) is 38.9. The average Bonchev–Trinajstić information content (AvgIpc) is 2.93. The molecule has 1 N–H and O–H groups in total. The van der Waals surface area contributed by atoms with E-state index in [9.17, 15) is 9.59 Å². The minimum atomic E-state index is -0.707. The van der Waals surface area contributed by atoms with E-state index in [0.717, 1.165) is 57.8 Å². The molecule has 0 aromatic rings. The molecule has 4 nitrogen and oxygen atoms in total. The highest BCUT2D eigenvalue weighted by molar-refractivity contribution is 5.69.